The fourth-order valence-corrected chi connectivity index (χ4v) is 5.09. The van der Waals surface area contributed by atoms with Crippen LogP contribution in [0.5, 0.6) is 0 Å². The Labute approximate surface area is 258 Å². The zero-order chi connectivity index (χ0) is 30.6. The Morgan fingerprint density at radius 3 is 2.24 bits per heavy atom. The van der Waals surface area contributed by atoms with E-state index in [1.165, 1.54) is 0 Å². The molecule has 216 valence electrons. The molecule has 0 spiro atoms. The van der Waals surface area contributed by atoms with E-state index in [1.54, 1.807) is 30.3 Å². The van der Waals surface area contributed by atoms with E-state index in [0.29, 0.717) is 50.7 Å². The molecule has 0 fully saturated rings. The summed E-state index contributed by atoms with van der Waals surface area (Å²) in [6.45, 7) is 0. The molecule has 5 aromatic carbocycles. The van der Waals surface area contributed by atoms with Crippen LogP contribution in [-0.4, -0.2) is 26.8 Å². The van der Waals surface area contributed by atoms with E-state index < -0.39 is 0 Å². The van der Waals surface area contributed by atoms with Gasteiger partial charge in [0.15, 0.2) is 11.5 Å². The number of H-pyrrole nitrogens is 1. The molecule has 2 aromatic heterocycles. The quantitative estimate of drug-likeness (QED) is 0.174. The molecule has 0 aliphatic rings. The summed E-state index contributed by atoms with van der Waals surface area (Å²) in [7, 11) is 0. The van der Waals surface area contributed by atoms with Crippen molar-refractivity contribution < 1.29 is 14.1 Å². The highest BCUT2D eigenvalue weighted by Crippen LogP contribution is 2.27. The number of aromatic amines is 1. The number of ketones is 1. The maximum absolute atomic E-state index is 13.4. The molecule has 0 saturated heterocycles. The largest absolute Gasteiger partial charge is 0.356 e. The molecule has 2 heterocycles. The molecule has 45 heavy (non-hydrogen) atoms. The SMILES string of the molecule is O=C(c1ccccc1)c1ccc2[nH]c(-c3ccccc3C(=O)Nc3ccc(-c4cc(/C=C/c5ccccc5)on4)cc3)nc2c1. The molecule has 7 heteroatoms. The highest BCUT2D eigenvalue weighted by atomic mass is 16.5. The number of fused-ring (bicyclic) bond motifs is 1. The van der Waals surface area contributed by atoms with Gasteiger partial charge in [0, 0.05) is 34.0 Å². The maximum Gasteiger partial charge on any atom is 0.256 e. The second kappa shape index (κ2) is 12.1. The smallest absolute Gasteiger partial charge is 0.256 e. The fourth-order valence-electron chi connectivity index (χ4n) is 5.09. The summed E-state index contributed by atoms with van der Waals surface area (Å²) in [6.07, 6.45) is 3.85. The Balaban J connectivity index is 1.07. The molecule has 0 radical (unpaired) electrons. The molecular weight excluding hydrogens is 560 g/mol. The number of rotatable bonds is 8. The number of nitrogens with one attached hydrogen (secondary N) is 2. The summed E-state index contributed by atoms with van der Waals surface area (Å²) in [6, 6.07) is 41.1. The number of aromatic nitrogens is 3. The van der Waals surface area contributed by atoms with Crippen LogP contribution in [0, 0.1) is 0 Å². The molecule has 0 saturated carbocycles. The number of carbonyl (C=O) groups excluding carboxylic acids is 2. The minimum Gasteiger partial charge on any atom is -0.356 e. The van der Waals surface area contributed by atoms with E-state index in [4.69, 9.17) is 9.51 Å². The first kappa shape index (κ1) is 27.5. The van der Waals surface area contributed by atoms with Gasteiger partial charge in [-0.2, -0.15) is 0 Å². The van der Waals surface area contributed by atoms with Gasteiger partial charge in [-0.05, 0) is 48.0 Å². The van der Waals surface area contributed by atoms with Gasteiger partial charge in [0.1, 0.15) is 11.5 Å². The lowest BCUT2D eigenvalue weighted by atomic mass is 10.0. The van der Waals surface area contributed by atoms with Crippen LogP contribution >= 0.6 is 0 Å². The molecule has 7 nitrogen and oxygen atoms in total. The molecule has 0 unspecified atom stereocenters. The monoisotopic (exact) mass is 586 g/mol. The van der Waals surface area contributed by atoms with Crippen molar-refractivity contribution in [3.05, 3.63) is 161 Å². The highest BCUT2D eigenvalue weighted by molar-refractivity contribution is 6.11. The summed E-state index contributed by atoms with van der Waals surface area (Å²) in [5, 5.41) is 7.17. The van der Waals surface area contributed by atoms with Crippen LogP contribution in [0.3, 0.4) is 0 Å². The lowest BCUT2D eigenvalue weighted by Gasteiger charge is -2.09. The van der Waals surface area contributed by atoms with E-state index in [2.05, 4.69) is 15.5 Å². The van der Waals surface area contributed by atoms with Crippen molar-refractivity contribution in [1.82, 2.24) is 15.1 Å². The normalized spacial score (nSPS) is 11.2. The number of hydrogen-bond donors (Lipinski definition) is 2. The topological polar surface area (TPSA) is 101 Å². The Hall–Kier alpha value is -6.34. The third kappa shape index (κ3) is 5.96. The van der Waals surface area contributed by atoms with Crippen LogP contribution < -0.4 is 5.32 Å². The molecule has 2 N–H and O–H groups in total. The van der Waals surface area contributed by atoms with Gasteiger partial charge >= 0.3 is 0 Å². The van der Waals surface area contributed by atoms with Gasteiger partial charge in [-0.15, -0.1) is 0 Å². The second-order valence-electron chi connectivity index (χ2n) is 10.4. The predicted octanol–water partition coefficient (Wildman–Crippen LogP) is 8.54. The third-order valence-corrected chi connectivity index (χ3v) is 7.41. The van der Waals surface area contributed by atoms with Crippen molar-refractivity contribution in [2.45, 2.75) is 0 Å². The van der Waals surface area contributed by atoms with Gasteiger partial charge in [0.2, 0.25) is 0 Å². The molecule has 1 amide bonds. The summed E-state index contributed by atoms with van der Waals surface area (Å²) in [4.78, 5) is 34.4. The van der Waals surface area contributed by atoms with E-state index >= 15 is 0 Å². The number of hydrogen-bond acceptors (Lipinski definition) is 5. The number of nitrogens with zero attached hydrogens (tertiary/aromatic N) is 2. The minimum atomic E-state index is -0.270. The third-order valence-electron chi connectivity index (χ3n) is 7.41. The Bertz CT molecular complexity index is 2160. The number of benzene rings is 5. The van der Waals surface area contributed by atoms with Crippen molar-refractivity contribution >= 4 is 40.6 Å². The van der Waals surface area contributed by atoms with Gasteiger partial charge in [-0.3, -0.25) is 9.59 Å². The molecule has 0 aliphatic heterocycles. The summed E-state index contributed by atoms with van der Waals surface area (Å²) >= 11 is 0. The van der Waals surface area contributed by atoms with Gasteiger partial charge in [-0.25, -0.2) is 4.98 Å². The van der Waals surface area contributed by atoms with E-state index in [9.17, 15) is 9.59 Å². The standard InChI is InChI=1S/C38H26N4O3/c43-36(27-11-5-2-6-12-27)28-18-22-33-35(23-28)41-37(40-33)31-13-7-8-14-32(31)38(44)39-29-19-16-26(17-20-29)34-24-30(45-42-34)21-15-25-9-3-1-4-10-25/h1-24H,(H,39,44)(H,40,41)/b21-15+. The van der Waals surface area contributed by atoms with Crippen molar-refractivity contribution in [2.75, 3.05) is 5.32 Å². The molecule has 0 atom stereocenters. The van der Waals surface area contributed by atoms with Crippen molar-refractivity contribution in [3.8, 4) is 22.6 Å². The maximum atomic E-state index is 13.4. The lowest BCUT2D eigenvalue weighted by molar-refractivity contribution is 0.102. The Morgan fingerprint density at radius 2 is 1.44 bits per heavy atom. The van der Waals surface area contributed by atoms with Crippen LogP contribution in [0.15, 0.2) is 138 Å². The fraction of sp³-hybridized carbons (Fsp3) is 0. The summed E-state index contributed by atoms with van der Waals surface area (Å²) in [5.74, 6) is 0.844. The average Bonchev–Trinajstić information content (AvgIpc) is 3.75. The van der Waals surface area contributed by atoms with Crippen LogP contribution in [0.2, 0.25) is 0 Å². The van der Waals surface area contributed by atoms with Gasteiger partial charge in [-0.1, -0.05) is 102 Å². The lowest BCUT2D eigenvalue weighted by Crippen LogP contribution is -2.13. The van der Waals surface area contributed by atoms with E-state index in [0.717, 1.165) is 16.6 Å². The van der Waals surface area contributed by atoms with Crippen LogP contribution in [0.1, 0.15) is 37.6 Å². The molecule has 7 rings (SSSR count). The number of carbonyl (C=O) groups is 2. The van der Waals surface area contributed by atoms with Crippen LogP contribution in [0.4, 0.5) is 5.69 Å². The van der Waals surface area contributed by atoms with E-state index in [-0.39, 0.29) is 11.7 Å². The van der Waals surface area contributed by atoms with Gasteiger partial charge in [0.05, 0.1) is 16.6 Å². The van der Waals surface area contributed by atoms with Crippen LogP contribution in [-0.2, 0) is 0 Å². The predicted molar refractivity (Wildman–Crippen MR) is 177 cm³/mol. The molecule has 7 aromatic rings. The molecular formula is C38H26N4O3. The van der Waals surface area contributed by atoms with E-state index in [1.807, 2.05) is 115 Å². The Morgan fingerprint density at radius 1 is 0.711 bits per heavy atom. The zero-order valence-electron chi connectivity index (χ0n) is 24.0. The zero-order valence-corrected chi connectivity index (χ0v) is 24.0. The highest BCUT2D eigenvalue weighted by Gasteiger charge is 2.17. The van der Waals surface area contributed by atoms with Crippen LogP contribution in [0.25, 0.3) is 45.8 Å². The van der Waals surface area contributed by atoms with Gasteiger partial charge < -0.3 is 14.8 Å². The van der Waals surface area contributed by atoms with Crippen molar-refractivity contribution in [2.24, 2.45) is 0 Å². The number of anilines is 1. The first-order chi connectivity index (χ1) is 22.1. The molecule has 0 aliphatic carbocycles. The number of imidazole rings is 1. The second-order valence-corrected chi connectivity index (χ2v) is 10.4. The number of amides is 1. The van der Waals surface area contributed by atoms with Crippen molar-refractivity contribution in [3.63, 3.8) is 0 Å². The van der Waals surface area contributed by atoms with Gasteiger partial charge in [0.25, 0.3) is 5.91 Å². The summed E-state index contributed by atoms with van der Waals surface area (Å²) < 4.78 is 5.48. The Kier molecular flexibility index (Phi) is 7.40. The molecule has 0 bridgehead atoms. The minimum absolute atomic E-state index is 0.0725. The first-order valence-corrected chi connectivity index (χ1v) is 14.4. The summed E-state index contributed by atoms with van der Waals surface area (Å²) in [5.41, 5.74) is 6.97. The van der Waals surface area contributed by atoms with Crippen molar-refractivity contribution in [1.29, 1.82) is 0 Å². The average molecular weight is 587 g/mol. The first-order valence-electron chi connectivity index (χ1n) is 14.4.